The highest BCUT2D eigenvalue weighted by molar-refractivity contribution is 5.83. The van der Waals surface area contributed by atoms with E-state index in [0.29, 0.717) is 5.92 Å². The Kier molecular flexibility index (Phi) is 3.36. The van der Waals surface area contributed by atoms with Crippen LogP contribution in [0.3, 0.4) is 0 Å². The van der Waals surface area contributed by atoms with Crippen LogP contribution in [0.2, 0.25) is 0 Å². The van der Waals surface area contributed by atoms with Crippen molar-refractivity contribution in [2.75, 3.05) is 13.6 Å². The minimum atomic E-state index is -0.301. The minimum absolute atomic E-state index is 0.0814. The molecule has 0 radical (unpaired) electrons. The number of amides is 1. The second kappa shape index (κ2) is 4.78. The standard InChI is InChI=1S/C14H19NO2/c1-10(2)11-4-6-12(7-5-11)17-13-8-9-15(3)14(13)16/h4-7,10,13H,8-9H2,1-3H3. The van der Waals surface area contributed by atoms with Gasteiger partial charge in [0.2, 0.25) is 0 Å². The van der Waals surface area contributed by atoms with Crippen molar-refractivity contribution in [3.63, 3.8) is 0 Å². The van der Waals surface area contributed by atoms with Crippen molar-refractivity contribution in [3.8, 4) is 5.75 Å². The van der Waals surface area contributed by atoms with Gasteiger partial charge in [0.05, 0.1) is 0 Å². The Morgan fingerprint density at radius 3 is 2.41 bits per heavy atom. The van der Waals surface area contributed by atoms with Crippen LogP contribution in [0.5, 0.6) is 5.75 Å². The third kappa shape index (κ3) is 2.60. The molecule has 0 saturated carbocycles. The zero-order valence-corrected chi connectivity index (χ0v) is 10.6. The van der Waals surface area contributed by atoms with Gasteiger partial charge in [0, 0.05) is 20.0 Å². The predicted molar refractivity (Wildman–Crippen MR) is 67.2 cm³/mol. The van der Waals surface area contributed by atoms with E-state index < -0.39 is 0 Å². The Bertz CT molecular complexity index is 397. The van der Waals surface area contributed by atoms with E-state index in [0.717, 1.165) is 18.7 Å². The first-order valence-corrected chi connectivity index (χ1v) is 6.09. The van der Waals surface area contributed by atoms with Gasteiger partial charge in [0.1, 0.15) is 5.75 Å². The third-order valence-corrected chi connectivity index (χ3v) is 3.20. The van der Waals surface area contributed by atoms with E-state index in [1.807, 2.05) is 19.2 Å². The smallest absolute Gasteiger partial charge is 0.263 e. The molecular weight excluding hydrogens is 214 g/mol. The van der Waals surface area contributed by atoms with Crippen molar-refractivity contribution in [1.29, 1.82) is 0 Å². The molecule has 0 aromatic heterocycles. The normalized spacial score (nSPS) is 20.1. The van der Waals surface area contributed by atoms with E-state index in [9.17, 15) is 4.79 Å². The van der Waals surface area contributed by atoms with Crippen LogP contribution in [-0.4, -0.2) is 30.5 Å². The number of hydrogen-bond acceptors (Lipinski definition) is 2. The average Bonchev–Trinajstić information content (AvgIpc) is 2.62. The fraction of sp³-hybridized carbons (Fsp3) is 0.500. The summed E-state index contributed by atoms with van der Waals surface area (Å²) in [6.07, 6.45) is 0.478. The number of nitrogens with zero attached hydrogens (tertiary/aromatic N) is 1. The summed E-state index contributed by atoms with van der Waals surface area (Å²) in [5, 5.41) is 0. The van der Waals surface area contributed by atoms with Crippen LogP contribution in [0.25, 0.3) is 0 Å². The summed E-state index contributed by atoms with van der Waals surface area (Å²) in [4.78, 5) is 13.4. The van der Waals surface area contributed by atoms with Crippen molar-refractivity contribution >= 4 is 5.91 Å². The summed E-state index contributed by atoms with van der Waals surface area (Å²) in [7, 11) is 1.81. The molecule has 1 aromatic carbocycles. The Hall–Kier alpha value is -1.51. The summed E-state index contributed by atoms with van der Waals surface area (Å²) >= 11 is 0. The molecule has 1 fully saturated rings. The number of carbonyl (C=O) groups excluding carboxylic acids is 1. The SMILES string of the molecule is CC(C)c1ccc(OC2CCN(C)C2=O)cc1. The number of rotatable bonds is 3. The second-order valence-electron chi connectivity index (χ2n) is 4.88. The highest BCUT2D eigenvalue weighted by atomic mass is 16.5. The van der Waals surface area contributed by atoms with Crippen molar-refractivity contribution in [1.82, 2.24) is 4.90 Å². The van der Waals surface area contributed by atoms with E-state index in [2.05, 4.69) is 26.0 Å². The highest BCUT2D eigenvalue weighted by Gasteiger charge is 2.30. The van der Waals surface area contributed by atoms with E-state index in [-0.39, 0.29) is 12.0 Å². The molecule has 0 bridgehead atoms. The summed E-state index contributed by atoms with van der Waals surface area (Å²) in [6, 6.07) is 8.01. The molecule has 1 unspecified atom stereocenters. The fourth-order valence-electron chi connectivity index (χ4n) is 2.00. The molecule has 0 spiro atoms. The van der Waals surface area contributed by atoms with Gasteiger partial charge >= 0.3 is 0 Å². The maximum Gasteiger partial charge on any atom is 0.263 e. The number of ether oxygens (including phenoxy) is 1. The lowest BCUT2D eigenvalue weighted by atomic mass is 10.0. The first-order valence-electron chi connectivity index (χ1n) is 6.09. The molecule has 1 aliphatic heterocycles. The predicted octanol–water partition coefficient (Wildman–Crippen LogP) is 2.42. The van der Waals surface area contributed by atoms with Crippen LogP contribution < -0.4 is 4.74 Å². The number of likely N-dealkylation sites (tertiary alicyclic amines) is 1. The molecule has 1 aliphatic rings. The fourth-order valence-corrected chi connectivity index (χ4v) is 2.00. The van der Waals surface area contributed by atoms with Crippen LogP contribution in [0.4, 0.5) is 0 Å². The lowest BCUT2D eigenvalue weighted by Crippen LogP contribution is -2.29. The van der Waals surface area contributed by atoms with Crippen molar-refractivity contribution in [2.24, 2.45) is 0 Å². The van der Waals surface area contributed by atoms with Crippen molar-refractivity contribution in [2.45, 2.75) is 32.3 Å². The number of carbonyl (C=O) groups is 1. The van der Waals surface area contributed by atoms with E-state index in [1.165, 1.54) is 5.56 Å². The zero-order valence-electron chi connectivity index (χ0n) is 10.6. The largest absolute Gasteiger partial charge is 0.481 e. The van der Waals surface area contributed by atoms with Gasteiger partial charge in [-0.2, -0.15) is 0 Å². The van der Waals surface area contributed by atoms with Gasteiger partial charge in [-0.15, -0.1) is 0 Å². The molecule has 1 heterocycles. The summed E-state index contributed by atoms with van der Waals surface area (Å²) in [6.45, 7) is 5.10. The monoisotopic (exact) mass is 233 g/mol. The Morgan fingerprint density at radius 1 is 1.29 bits per heavy atom. The van der Waals surface area contributed by atoms with Crippen LogP contribution >= 0.6 is 0 Å². The number of likely N-dealkylation sites (N-methyl/N-ethyl adjacent to an activating group) is 1. The number of hydrogen-bond donors (Lipinski definition) is 0. The molecule has 1 amide bonds. The molecule has 0 aliphatic carbocycles. The topological polar surface area (TPSA) is 29.5 Å². The second-order valence-corrected chi connectivity index (χ2v) is 4.88. The highest BCUT2D eigenvalue weighted by Crippen LogP contribution is 2.21. The third-order valence-electron chi connectivity index (χ3n) is 3.20. The maximum absolute atomic E-state index is 11.7. The quantitative estimate of drug-likeness (QED) is 0.802. The average molecular weight is 233 g/mol. The first-order chi connectivity index (χ1) is 8.08. The Balaban J connectivity index is 2.02. The van der Waals surface area contributed by atoms with Gasteiger partial charge in [0.25, 0.3) is 5.91 Å². The van der Waals surface area contributed by atoms with Gasteiger partial charge in [0.15, 0.2) is 6.10 Å². The molecule has 1 atom stereocenters. The molecular formula is C14H19NO2. The lowest BCUT2D eigenvalue weighted by Gasteiger charge is -2.13. The molecule has 1 aromatic rings. The Morgan fingerprint density at radius 2 is 1.94 bits per heavy atom. The van der Waals surface area contributed by atoms with Gasteiger partial charge in [-0.05, 0) is 23.6 Å². The molecule has 3 nitrogen and oxygen atoms in total. The van der Waals surface area contributed by atoms with Crippen LogP contribution in [-0.2, 0) is 4.79 Å². The van der Waals surface area contributed by atoms with Gasteiger partial charge in [-0.1, -0.05) is 26.0 Å². The van der Waals surface area contributed by atoms with Crippen molar-refractivity contribution in [3.05, 3.63) is 29.8 Å². The summed E-state index contributed by atoms with van der Waals surface area (Å²) < 4.78 is 5.70. The minimum Gasteiger partial charge on any atom is -0.481 e. The van der Waals surface area contributed by atoms with Crippen LogP contribution in [0, 0.1) is 0 Å². The molecule has 17 heavy (non-hydrogen) atoms. The van der Waals surface area contributed by atoms with Gasteiger partial charge in [-0.25, -0.2) is 0 Å². The van der Waals surface area contributed by atoms with E-state index >= 15 is 0 Å². The summed E-state index contributed by atoms with van der Waals surface area (Å²) in [5.41, 5.74) is 1.28. The van der Waals surface area contributed by atoms with E-state index in [4.69, 9.17) is 4.74 Å². The molecule has 3 heteroatoms. The Labute approximate surface area is 102 Å². The first kappa shape index (κ1) is 12.0. The van der Waals surface area contributed by atoms with Crippen LogP contribution in [0.1, 0.15) is 31.7 Å². The molecule has 1 saturated heterocycles. The summed E-state index contributed by atoms with van der Waals surface area (Å²) in [5.74, 6) is 1.38. The maximum atomic E-state index is 11.7. The lowest BCUT2D eigenvalue weighted by molar-refractivity contribution is -0.132. The van der Waals surface area contributed by atoms with Gasteiger partial charge in [-0.3, -0.25) is 4.79 Å². The van der Waals surface area contributed by atoms with Crippen molar-refractivity contribution < 1.29 is 9.53 Å². The van der Waals surface area contributed by atoms with Crippen LogP contribution in [0.15, 0.2) is 24.3 Å². The molecule has 92 valence electrons. The molecule has 0 N–H and O–H groups in total. The van der Waals surface area contributed by atoms with E-state index in [1.54, 1.807) is 4.90 Å². The van der Waals surface area contributed by atoms with Gasteiger partial charge < -0.3 is 9.64 Å². The molecule has 2 rings (SSSR count). The number of benzene rings is 1. The zero-order chi connectivity index (χ0) is 12.4.